The van der Waals surface area contributed by atoms with Gasteiger partial charge in [-0.2, -0.15) is 0 Å². The molecule has 0 bridgehead atoms. The summed E-state index contributed by atoms with van der Waals surface area (Å²) in [6.45, 7) is 0. The van der Waals surface area contributed by atoms with Crippen LogP contribution in [-0.4, -0.2) is 9.32 Å². The predicted molar refractivity (Wildman–Crippen MR) is 57.3 cm³/mol. The van der Waals surface area contributed by atoms with E-state index in [9.17, 15) is 9.46 Å². The third-order valence-corrected chi connectivity index (χ3v) is 3.30. The first-order valence-electron chi connectivity index (χ1n) is 4.33. The molecule has 16 heavy (non-hydrogen) atoms. The highest BCUT2D eigenvalue weighted by atomic mass is 35.5. The van der Waals surface area contributed by atoms with Crippen LogP contribution >= 0.6 is 19.3 Å². The summed E-state index contributed by atoms with van der Waals surface area (Å²) in [5, 5.41) is 0.510. The minimum atomic E-state index is -4.17. The third kappa shape index (κ3) is 2.44. The molecule has 0 radical (unpaired) electrons. The van der Waals surface area contributed by atoms with Crippen LogP contribution in [0.25, 0.3) is 0 Å². The van der Waals surface area contributed by atoms with E-state index in [0.29, 0.717) is 5.02 Å². The molecule has 0 amide bonds. The molecule has 0 aliphatic heterocycles. The molecule has 2 rings (SSSR count). The molecule has 1 heterocycles. The molecule has 1 aromatic heterocycles. The Kier molecular flexibility index (Phi) is 3.01. The van der Waals surface area contributed by atoms with Crippen LogP contribution in [0.3, 0.4) is 0 Å². The van der Waals surface area contributed by atoms with Crippen LogP contribution in [-0.2, 0) is 4.57 Å². The fourth-order valence-corrected chi connectivity index (χ4v) is 2.09. The Morgan fingerprint density at radius 2 is 2.06 bits per heavy atom. The zero-order chi connectivity index (χ0) is 11.6. The van der Waals surface area contributed by atoms with Gasteiger partial charge in [0.15, 0.2) is 0 Å². The van der Waals surface area contributed by atoms with Crippen molar-refractivity contribution in [2.45, 2.75) is 0 Å². The smallest absolute Gasteiger partial charge is 0.288 e. The molecule has 1 unspecified atom stereocenters. The van der Waals surface area contributed by atoms with Crippen molar-refractivity contribution >= 4 is 19.3 Å². The van der Waals surface area contributed by atoms with Gasteiger partial charge in [-0.3, -0.25) is 8.90 Å². The number of imidazole rings is 1. The van der Waals surface area contributed by atoms with E-state index in [-0.39, 0.29) is 5.75 Å². The van der Waals surface area contributed by atoms with Crippen LogP contribution in [0.5, 0.6) is 5.75 Å². The van der Waals surface area contributed by atoms with Crippen molar-refractivity contribution in [1.82, 2.24) is 9.32 Å². The Hall–Kier alpha value is -1.29. The van der Waals surface area contributed by atoms with Gasteiger partial charge in [-0.15, -0.1) is 0 Å². The molecule has 0 fully saturated rings. The van der Waals surface area contributed by atoms with Gasteiger partial charge in [0.25, 0.3) is 7.75 Å². The average molecular weight is 258 g/mol. The molecule has 1 aromatic carbocycles. The van der Waals surface area contributed by atoms with Gasteiger partial charge < -0.3 is 9.42 Å². The predicted octanol–water partition coefficient (Wildman–Crippen LogP) is 1.93. The summed E-state index contributed by atoms with van der Waals surface area (Å²) in [6.07, 6.45) is 3.81. The maximum atomic E-state index is 11.6. The van der Waals surface area contributed by atoms with E-state index in [1.165, 1.54) is 24.5 Å². The van der Waals surface area contributed by atoms with Crippen LogP contribution in [0, 0.1) is 0 Å². The minimum absolute atomic E-state index is 0.205. The molecule has 5 nitrogen and oxygen atoms in total. The molecule has 0 saturated carbocycles. The maximum absolute atomic E-state index is 11.6. The summed E-state index contributed by atoms with van der Waals surface area (Å²) < 4.78 is 17.4. The van der Waals surface area contributed by atoms with Crippen LogP contribution in [0.4, 0.5) is 0 Å². The second-order valence-corrected chi connectivity index (χ2v) is 4.97. The first-order valence-corrected chi connectivity index (χ1v) is 6.20. The lowest BCUT2D eigenvalue weighted by Gasteiger charge is -2.24. The van der Waals surface area contributed by atoms with E-state index in [4.69, 9.17) is 16.1 Å². The Balaban J connectivity index is 2.21. The number of hydrogen-bond donors (Lipinski definition) is 0. The summed E-state index contributed by atoms with van der Waals surface area (Å²) in [5.74, 6) is 0.205. The molecule has 0 aliphatic rings. The van der Waals surface area contributed by atoms with Gasteiger partial charge in [0.2, 0.25) is 0 Å². The monoisotopic (exact) mass is 257 g/mol. The van der Waals surface area contributed by atoms with Gasteiger partial charge >= 0.3 is 0 Å². The van der Waals surface area contributed by atoms with Crippen molar-refractivity contribution in [2.24, 2.45) is 0 Å². The fourth-order valence-electron chi connectivity index (χ4n) is 1.07. The largest absolute Gasteiger partial charge is 0.751 e. The Morgan fingerprint density at radius 1 is 1.38 bits per heavy atom. The second kappa shape index (κ2) is 4.29. The molecule has 0 N–H and O–H groups in total. The lowest BCUT2D eigenvalue weighted by molar-refractivity contribution is -0.194. The number of nitrogens with zero attached hydrogens (tertiary/aromatic N) is 2. The van der Waals surface area contributed by atoms with E-state index in [1.807, 2.05) is 0 Å². The Bertz CT molecular complexity index is 512. The SMILES string of the molecule is O=P([O-])(Oc1ccc(Cl)cc1)n1ccnc1. The standard InChI is InChI=1S/C9H8ClN2O3P/c10-8-1-3-9(4-2-8)15-16(13,14)12-6-5-11-7-12/h1-7H,(H,13,14)/p-1. The van der Waals surface area contributed by atoms with E-state index in [2.05, 4.69) is 4.98 Å². The van der Waals surface area contributed by atoms with Gasteiger partial charge in [-0.1, -0.05) is 11.6 Å². The molecular formula is C9H7ClN2O3P-. The Labute approximate surface area is 96.9 Å². The lowest BCUT2D eigenvalue weighted by Crippen LogP contribution is -2.13. The van der Waals surface area contributed by atoms with Gasteiger partial charge in [0, 0.05) is 17.4 Å². The molecule has 0 saturated heterocycles. The summed E-state index contributed by atoms with van der Waals surface area (Å²) in [4.78, 5) is 15.3. The van der Waals surface area contributed by atoms with E-state index in [1.54, 1.807) is 12.1 Å². The lowest BCUT2D eigenvalue weighted by atomic mass is 10.3. The van der Waals surface area contributed by atoms with Crippen molar-refractivity contribution in [3.8, 4) is 5.75 Å². The van der Waals surface area contributed by atoms with Crippen LogP contribution in [0.15, 0.2) is 43.0 Å². The number of rotatable bonds is 3. The quantitative estimate of drug-likeness (QED) is 0.788. The number of hydrogen-bond acceptors (Lipinski definition) is 4. The van der Waals surface area contributed by atoms with E-state index >= 15 is 0 Å². The molecule has 7 heteroatoms. The molecule has 1 atom stereocenters. The highest BCUT2D eigenvalue weighted by Gasteiger charge is 2.11. The van der Waals surface area contributed by atoms with Crippen molar-refractivity contribution in [3.63, 3.8) is 0 Å². The van der Waals surface area contributed by atoms with Gasteiger partial charge in [-0.25, -0.2) is 4.98 Å². The highest BCUT2D eigenvalue weighted by molar-refractivity contribution is 7.50. The summed E-state index contributed by atoms with van der Waals surface area (Å²) in [6, 6.07) is 6.04. The fraction of sp³-hybridized carbons (Fsp3) is 0. The van der Waals surface area contributed by atoms with Crippen LogP contribution in [0.2, 0.25) is 5.02 Å². The van der Waals surface area contributed by atoms with E-state index in [0.717, 1.165) is 10.7 Å². The van der Waals surface area contributed by atoms with Gasteiger partial charge in [-0.05, 0) is 24.3 Å². The zero-order valence-electron chi connectivity index (χ0n) is 7.99. The number of aromatic nitrogens is 2. The topological polar surface area (TPSA) is 67.2 Å². The zero-order valence-corrected chi connectivity index (χ0v) is 9.64. The summed E-state index contributed by atoms with van der Waals surface area (Å²) in [5.41, 5.74) is 0. The minimum Gasteiger partial charge on any atom is -0.751 e. The van der Waals surface area contributed by atoms with Gasteiger partial charge in [0.05, 0.1) is 0 Å². The molecule has 84 valence electrons. The third-order valence-electron chi connectivity index (χ3n) is 1.81. The maximum Gasteiger partial charge on any atom is 0.288 e. The van der Waals surface area contributed by atoms with Crippen LogP contribution in [0.1, 0.15) is 0 Å². The summed E-state index contributed by atoms with van der Waals surface area (Å²) in [7, 11) is -4.17. The second-order valence-electron chi connectivity index (χ2n) is 2.96. The first-order chi connectivity index (χ1) is 7.58. The average Bonchev–Trinajstić information content (AvgIpc) is 2.75. The molecule has 2 aromatic rings. The Morgan fingerprint density at radius 3 is 2.62 bits per heavy atom. The van der Waals surface area contributed by atoms with Crippen molar-refractivity contribution in [2.75, 3.05) is 0 Å². The first kappa shape index (κ1) is 11.2. The molecule has 0 spiro atoms. The van der Waals surface area contributed by atoms with Crippen molar-refractivity contribution < 1.29 is 14.0 Å². The highest BCUT2D eigenvalue weighted by Crippen LogP contribution is 2.39. The number of halogens is 1. The molecular weight excluding hydrogens is 251 g/mol. The normalized spacial score (nSPS) is 14.4. The van der Waals surface area contributed by atoms with E-state index < -0.39 is 7.75 Å². The van der Waals surface area contributed by atoms with Crippen molar-refractivity contribution in [1.29, 1.82) is 0 Å². The summed E-state index contributed by atoms with van der Waals surface area (Å²) >= 11 is 5.66. The van der Waals surface area contributed by atoms with Crippen molar-refractivity contribution in [3.05, 3.63) is 48.0 Å². The van der Waals surface area contributed by atoms with Gasteiger partial charge in [0.1, 0.15) is 12.1 Å². The molecule has 0 aliphatic carbocycles. The number of benzene rings is 1. The van der Waals surface area contributed by atoms with Crippen LogP contribution < -0.4 is 9.42 Å².